The third-order valence-electron chi connectivity index (χ3n) is 6.83. The number of hydrogen-bond donors (Lipinski definition) is 5. The molecule has 214 valence electrons. The van der Waals surface area contributed by atoms with Gasteiger partial charge in [0.15, 0.2) is 5.96 Å². The number of carbonyl (C=O) groups is 4. The summed E-state index contributed by atoms with van der Waals surface area (Å²) in [6.07, 6.45) is 3.59. The van der Waals surface area contributed by atoms with Gasteiger partial charge in [-0.25, -0.2) is 4.79 Å². The lowest BCUT2D eigenvalue weighted by Crippen LogP contribution is -2.56. The van der Waals surface area contributed by atoms with Crippen molar-refractivity contribution in [1.82, 2.24) is 15.5 Å². The van der Waals surface area contributed by atoms with Gasteiger partial charge in [0.25, 0.3) is 5.91 Å². The summed E-state index contributed by atoms with van der Waals surface area (Å²) in [5, 5.41) is 15.1. The van der Waals surface area contributed by atoms with Crippen molar-refractivity contribution in [3.05, 3.63) is 47.5 Å². The number of rotatable bonds is 13. The number of allylic oxidation sites excluding steroid dienone is 1. The quantitative estimate of drug-likeness (QED) is 0.109. The van der Waals surface area contributed by atoms with Crippen molar-refractivity contribution in [3.8, 4) is 0 Å². The number of unbranched alkanes of at least 4 members (excludes halogenated alkanes) is 1. The highest BCUT2D eigenvalue weighted by Gasteiger charge is 2.44. The van der Waals surface area contributed by atoms with Crippen molar-refractivity contribution in [2.24, 2.45) is 28.3 Å². The van der Waals surface area contributed by atoms with Crippen molar-refractivity contribution in [2.75, 3.05) is 13.1 Å². The molecule has 3 amide bonds. The predicted octanol–water partition coefficient (Wildman–Crippen LogP) is 1.64. The van der Waals surface area contributed by atoms with E-state index in [4.69, 9.17) is 11.5 Å². The first kappa shape index (κ1) is 31.3. The molecule has 1 saturated heterocycles. The summed E-state index contributed by atoms with van der Waals surface area (Å²) in [6, 6.07) is 5.69. The van der Waals surface area contributed by atoms with Gasteiger partial charge in [0, 0.05) is 24.6 Å². The zero-order chi connectivity index (χ0) is 29.1. The Morgan fingerprint density at radius 1 is 1.10 bits per heavy atom. The van der Waals surface area contributed by atoms with Gasteiger partial charge in [0.1, 0.15) is 18.1 Å². The molecule has 1 aliphatic rings. The van der Waals surface area contributed by atoms with Crippen LogP contribution in [0.1, 0.15) is 63.7 Å². The Morgan fingerprint density at radius 2 is 1.77 bits per heavy atom. The summed E-state index contributed by atoms with van der Waals surface area (Å²) in [4.78, 5) is 57.6. The van der Waals surface area contributed by atoms with E-state index in [9.17, 15) is 24.3 Å². The fourth-order valence-electron chi connectivity index (χ4n) is 4.76. The summed E-state index contributed by atoms with van der Waals surface area (Å²) in [5.74, 6) is -2.74. The molecule has 0 radical (unpaired) electrons. The van der Waals surface area contributed by atoms with Crippen molar-refractivity contribution in [3.63, 3.8) is 0 Å². The van der Waals surface area contributed by atoms with Crippen molar-refractivity contribution >= 4 is 29.7 Å². The number of aliphatic imine (C=N–C) groups is 1. The maximum absolute atomic E-state index is 13.9. The minimum atomic E-state index is -1.12. The predicted molar refractivity (Wildman–Crippen MR) is 150 cm³/mol. The fraction of sp³-hybridized carbons (Fsp3) is 0.536. The minimum absolute atomic E-state index is 0.0177. The Hall–Kier alpha value is -3.89. The Labute approximate surface area is 230 Å². The number of nitrogens with two attached hydrogens (primary N) is 2. The summed E-state index contributed by atoms with van der Waals surface area (Å²) < 4.78 is 0. The zero-order valence-corrected chi connectivity index (χ0v) is 23.2. The first-order valence-corrected chi connectivity index (χ1v) is 13.4. The van der Waals surface area contributed by atoms with Crippen LogP contribution >= 0.6 is 0 Å². The monoisotopic (exact) mass is 542 g/mol. The van der Waals surface area contributed by atoms with E-state index >= 15 is 0 Å². The van der Waals surface area contributed by atoms with Gasteiger partial charge in [0.05, 0.1) is 0 Å². The van der Waals surface area contributed by atoms with Gasteiger partial charge in [-0.3, -0.25) is 19.4 Å². The molecule has 0 aliphatic carbocycles. The maximum atomic E-state index is 13.9. The lowest BCUT2D eigenvalue weighted by atomic mass is 9.96. The molecule has 1 heterocycles. The number of aliphatic carboxylic acids is 1. The average Bonchev–Trinajstić information content (AvgIpc) is 3.23. The van der Waals surface area contributed by atoms with Crippen LogP contribution in [0.2, 0.25) is 0 Å². The molecule has 1 aromatic carbocycles. The third kappa shape index (κ3) is 9.12. The van der Waals surface area contributed by atoms with E-state index in [1.807, 2.05) is 33.8 Å². The lowest BCUT2D eigenvalue weighted by molar-refractivity contribution is -0.145. The number of carbonyl (C=O) groups excluding carboxylic acids is 3. The van der Waals surface area contributed by atoms with Gasteiger partial charge in [-0.15, -0.1) is 0 Å². The van der Waals surface area contributed by atoms with Crippen LogP contribution in [-0.2, 0) is 14.4 Å². The molecule has 0 spiro atoms. The van der Waals surface area contributed by atoms with E-state index in [2.05, 4.69) is 15.6 Å². The molecule has 1 aromatic rings. The van der Waals surface area contributed by atoms with Crippen LogP contribution < -0.4 is 22.1 Å². The molecular formula is C28H42N6O5. The van der Waals surface area contributed by atoms with E-state index in [1.54, 1.807) is 30.3 Å². The van der Waals surface area contributed by atoms with E-state index in [0.717, 1.165) is 5.57 Å². The van der Waals surface area contributed by atoms with Crippen LogP contribution in [0.5, 0.6) is 0 Å². The van der Waals surface area contributed by atoms with Crippen LogP contribution in [0.4, 0.5) is 0 Å². The SMILES string of the molecule is CC=C1CN(C(=O)[C@H](CCCCN=C(N)N)NC(=O)c2ccccc2)[C@H](C(=O)N[C@@H](CC(C)C)C(=O)O)[C@@H]1C. The maximum Gasteiger partial charge on any atom is 0.326 e. The molecule has 11 nitrogen and oxygen atoms in total. The van der Waals surface area contributed by atoms with Gasteiger partial charge in [-0.1, -0.05) is 45.0 Å². The topological polar surface area (TPSA) is 180 Å². The van der Waals surface area contributed by atoms with Gasteiger partial charge in [-0.05, 0) is 56.2 Å². The number of benzene rings is 1. The summed E-state index contributed by atoms with van der Waals surface area (Å²) in [7, 11) is 0. The highest BCUT2D eigenvalue weighted by molar-refractivity contribution is 5.99. The minimum Gasteiger partial charge on any atom is -0.480 e. The molecule has 0 bridgehead atoms. The largest absolute Gasteiger partial charge is 0.480 e. The molecule has 7 N–H and O–H groups in total. The Kier molecular flexibility index (Phi) is 12.0. The molecule has 1 fully saturated rings. The van der Waals surface area contributed by atoms with E-state index in [-0.39, 0.29) is 30.8 Å². The number of likely N-dealkylation sites (tertiary alicyclic amines) is 1. The first-order chi connectivity index (χ1) is 18.5. The second-order valence-electron chi connectivity index (χ2n) is 10.3. The van der Waals surface area contributed by atoms with Crippen molar-refractivity contribution in [1.29, 1.82) is 0 Å². The zero-order valence-electron chi connectivity index (χ0n) is 23.2. The number of nitrogens with zero attached hydrogens (tertiary/aromatic N) is 2. The Morgan fingerprint density at radius 3 is 2.33 bits per heavy atom. The van der Waals surface area contributed by atoms with Gasteiger partial charge in [0.2, 0.25) is 11.8 Å². The van der Waals surface area contributed by atoms with Crippen molar-refractivity contribution < 1.29 is 24.3 Å². The van der Waals surface area contributed by atoms with E-state index < -0.39 is 41.8 Å². The molecule has 1 aliphatic heterocycles. The molecule has 4 atom stereocenters. The van der Waals surface area contributed by atoms with Crippen LogP contribution in [0.3, 0.4) is 0 Å². The van der Waals surface area contributed by atoms with Gasteiger partial charge in [-0.2, -0.15) is 0 Å². The van der Waals surface area contributed by atoms with Gasteiger partial charge < -0.3 is 32.1 Å². The van der Waals surface area contributed by atoms with E-state index in [1.165, 1.54) is 4.90 Å². The van der Waals surface area contributed by atoms with Crippen LogP contribution in [0, 0.1) is 11.8 Å². The van der Waals surface area contributed by atoms with Crippen LogP contribution in [0.15, 0.2) is 47.0 Å². The number of nitrogens with one attached hydrogen (secondary N) is 2. The van der Waals surface area contributed by atoms with Crippen LogP contribution in [0.25, 0.3) is 0 Å². The number of amides is 3. The lowest BCUT2D eigenvalue weighted by Gasteiger charge is -2.30. The molecule has 0 unspecified atom stereocenters. The molecular weight excluding hydrogens is 500 g/mol. The molecule has 11 heteroatoms. The number of hydrogen-bond acceptors (Lipinski definition) is 5. The molecule has 39 heavy (non-hydrogen) atoms. The average molecular weight is 543 g/mol. The second kappa shape index (κ2) is 14.9. The normalized spacial score (nSPS) is 19.4. The van der Waals surface area contributed by atoms with E-state index in [0.29, 0.717) is 31.4 Å². The number of guanidine groups is 1. The van der Waals surface area contributed by atoms with Crippen molar-refractivity contribution in [2.45, 2.75) is 71.5 Å². The standard InChI is InChI=1S/C28H42N6O5/c1-5-19-16-34(23(18(19)4)25(36)33-22(27(38)39)15-17(2)3)26(37)21(13-9-10-14-31-28(29)30)32-24(35)20-11-7-6-8-12-20/h5-8,11-12,17-18,21-23H,9-10,13-16H2,1-4H3,(H,32,35)(H,33,36)(H,38,39)(H4,29,30,31)/t18-,21+,22+,23+/m1/s1. The highest BCUT2D eigenvalue weighted by Crippen LogP contribution is 2.30. The third-order valence-corrected chi connectivity index (χ3v) is 6.83. The Balaban J connectivity index is 2.30. The smallest absolute Gasteiger partial charge is 0.326 e. The molecule has 2 rings (SSSR count). The van der Waals surface area contributed by atoms with Crippen LogP contribution in [-0.4, -0.2) is 70.9 Å². The summed E-state index contributed by atoms with van der Waals surface area (Å²) in [5.41, 5.74) is 12.1. The number of carboxylic acid groups (broad SMARTS) is 1. The molecule has 0 aromatic heterocycles. The second-order valence-corrected chi connectivity index (χ2v) is 10.3. The fourth-order valence-corrected chi connectivity index (χ4v) is 4.76. The summed E-state index contributed by atoms with van der Waals surface area (Å²) >= 11 is 0. The van der Waals surface area contributed by atoms with Gasteiger partial charge >= 0.3 is 5.97 Å². The Bertz CT molecular complexity index is 1070. The summed E-state index contributed by atoms with van der Waals surface area (Å²) in [6.45, 7) is 8.03. The molecule has 0 saturated carbocycles. The number of carboxylic acids is 1. The highest BCUT2D eigenvalue weighted by atomic mass is 16.4. The first-order valence-electron chi connectivity index (χ1n) is 13.4.